The van der Waals surface area contributed by atoms with E-state index in [-0.39, 0.29) is 11.2 Å². The second-order valence-electron chi connectivity index (χ2n) is 4.18. The third-order valence-corrected chi connectivity index (χ3v) is 3.69. The zero-order chi connectivity index (χ0) is 13.6. The standard InChI is InChI=1S/C12H9BrN4O2/c1-5-2-3-6(4-7(5)13)9-14-8-10(15-9)16-12(19)17-11(8)18/h2-4H,1H3,(H3,14,15,16,17,18,19). The molecule has 0 radical (unpaired) electrons. The van der Waals surface area contributed by atoms with E-state index in [0.29, 0.717) is 5.82 Å². The van der Waals surface area contributed by atoms with Gasteiger partial charge in [0, 0.05) is 10.0 Å². The van der Waals surface area contributed by atoms with Crippen molar-refractivity contribution >= 4 is 27.1 Å². The van der Waals surface area contributed by atoms with Gasteiger partial charge in [-0.3, -0.25) is 14.8 Å². The summed E-state index contributed by atoms with van der Waals surface area (Å²) in [6, 6.07) is 5.74. The molecule has 0 aliphatic carbocycles. The number of rotatable bonds is 1. The first-order valence-corrected chi connectivity index (χ1v) is 6.33. The van der Waals surface area contributed by atoms with Gasteiger partial charge >= 0.3 is 5.69 Å². The molecule has 19 heavy (non-hydrogen) atoms. The number of hydrogen-bond donors (Lipinski definition) is 3. The van der Waals surface area contributed by atoms with Crippen molar-refractivity contribution < 1.29 is 0 Å². The first kappa shape index (κ1) is 11.9. The Morgan fingerprint density at radius 2 is 1.95 bits per heavy atom. The fourth-order valence-corrected chi connectivity index (χ4v) is 2.19. The van der Waals surface area contributed by atoms with Gasteiger partial charge in [0.1, 0.15) is 11.3 Å². The lowest BCUT2D eigenvalue weighted by Gasteiger charge is -2.00. The van der Waals surface area contributed by atoms with Gasteiger partial charge in [0.2, 0.25) is 0 Å². The molecule has 3 aromatic rings. The second kappa shape index (κ2) is 4.20. The number of imidazole rings is 1. The van der Waals surface area contributed by atoms with Crippen LogP contribution in [-0.2, 0) is 0 Å². The van der Waals surface area contributed by atoms with Crippen LogP contribution < -0.4 is 11.2 Å². The third-order valence-electron chi connectivity index (χ3n) is 2.84. The van der Waals surface area contributed by atoms with E-state index < -0.39 is 11.2 Å². The first-order valence-electron chi connectivity index (χ1n) is 5.53. The molecule has 0 bridgehead atoms. The lowest BCUT2D eigenvalue weighted by atomic mass is 10.1. The Morgan fingerprint density at radius 3 is 2.68 bits per heavy atom. The Labute approximate surface area is 115 Å². The van der Waals surface area contributed by atoms with Crippen molar-refractivity contribution in [3.05, 3.63) is 49.1 Å². The van der Waals surface area contributed by atoms with Crippen LogP contribution in [0.15, 0.2) is 32.3 Å². The second-order valence-corrected chi connectivity index (χ2v) is 5.04. The molecule has 0 saturated heterocycles. The van der Waals surface area contributed by atoms with Crippen molar-refractivity contribution in [1.82, 2.24) is 19.9 Å². The Balaban J connectivity index is 2.26. The van der Waals surface area contributed by atoms with Gasteiger partial charge in [0.25, 0.3) is 5.56 Å². The van der Waals surface area contributed by atoms with Crippen LogP contribution in [-0.4, -0.2) is 19.9 Å². The van der Waals surface area contributed by atoms with Gasteiger partial charge < -0.3 is 4.98 Å². The number of H-pyrrole nitrogens is 3. The fraction of sp³-hybridized carbons (Fsp3) is 0.0833. The van der Waals surface area contributed by atoms with Crippen LogP contribution in [0.3, 0.4) is 0 Å². The molecule has 3 N–H and O–H groups in total. The largest absolute Gasteiger partial charge is 0.332 e. The van der Waals surface area contributed by atoms with Crippen molar-refractivity contribution in [3.8, 4) is 11.4 Å². The molecule has 7 heteroatoms. The van der Waals surface area contributed by atoms with Gasteiger partial charge in [-0.05, 0) is 18.6 Å². The molecule has 6 nitrogen and oxygen atoms in total. The molecule has 0 atom stereocenters. The molecule has 0 fully saturated rings. The molecule has 0 amide bonds. The van der Waals surface area contributed by atoms with E-state index in [1.807, 2.05) is 25.1 Å². The number of hydrogen-bond acceptors (Lipinski definition) is 3. The minimum atomic E-state index is -0.569. The van der Waals surface area contributed by atoms with Crippen LogP contribution in [0.1, 0.15) is 5.56 Å². The zero-order valence-electron chi connectivity index (χ0n) is 9.87. The summed E-state index contributed by atoms with van der Waals surface area (Å²) in [5.74, 6) is 0.531. The van der Waals surface area contributed by atoms with Crippen molar-refractivity contribution in [1.29, 1.82) is 0 Å². The number of aromatic amines is 3. The summed E-state index contributed by atoms with van der Waals surface area (Å²) in [6.07, 6.45) is 0. The van der Waals surface area contributed by atoms with Crippen LogP contribution >= 0.6 is 15.9 Å². The molecule has 0 saturated carbocycles. The molecule has 0 spiro atoms. The highest BCUT2D eigenvalue weighted by molar-refractivity contribution is 9.10. The molecule has 2 heterocycles. The summed E-state index contributed by atoms with van der Waals surface area (Å²) < 4.78 is 0.952. The molecule has 0 aliphatic heterocycles. The van der Waals surface area contributed by atoms with E-state index in [1.165, 1.54) is 0 Å². The summed E-state index contributed by atoms with van der Waals surface area (Å²) in [7, 11) is 0. The Morgan fingerprint density at radius 1 is 1.16 bits per heavy atom. The molecule has 2 aromatic heterocycles. The van der Waals surface area contributed by atoms with Gasteiger partial charge in [-0.15, -0.1) is 0 Å². The van der Waals surface area contributed by atoms with Crippen molar-refractivity contribution in [2.45, 2.75) is 6.92 Å². The lowest BCUT2D eigenvalue weighted by Crippen LogP contribution is -2.21. The number of aryl methyl sites for hydroxylation is 1. The molecule has 3 rings (SSSR count). The number of aromatic nitrogens is 4. The molecule has 1 aromatic carbocycles. The summed E-state index contributed by atoms with van der Waals surface area (Å²) in [6.45, 7) is 1.98. The SMILES string of the molecule is Cc1ccc(-c2nc3[nH]c(=O)[nH]c(=O)c3[nH]2)cc1Br. The lowest BCUT2D eigenvalue weighted by molar-refractivity contribution is 1.07. The number of halogens is 1. The highest BCUT2D eigenvalue weighted by Gasteiger charge is 2.10. The van der Waals surface area contributed by atoms with Crippen molar-refractivity contribution in [2.75, 3.05) is 0 Å². The Bertz CT molecular complexity index is 891. The number of nitrogens with zero attached hydrogens (tertiary/aromatic N) is 1. The van der Waals surface area contributed by atoms with E-state index in [1.54, 1.807) is 0 Å². The minimum absolute atomic E-state index is 0.250. The summed E-state index contributed by atoms with van der Waals surface area (Å²) in [5, 5.41) is 0. The highest BCUT2D eigenvalue weighted by atomic mass is 79.9. The van der Waals surface area contributed by atoms with Gasteiger partial charge in [-0.25, -0.2) is 9.78 Å². The van der Waals surface area contributed by atoms with E-state index in [4.69, 9.17) is 0 Å². The zero-order valence-corrected chi connectivity index (χ0v) is 11.5. The molecular weight excluding hydrogens is 312 g/mol. The Hall–Kier alpha value is -2.15. The van der Waals surface area contributed by atoms with Crippen molar-refractivity contribution in [2.24, 2.45) is 0 Å². The predicted molar refractivity (Wildman–Crippen MR) is 75.2 cm³/mol. The third kappa shape index (κ3) is 2.01. The molecule has 0 aliphatic rings. The number of benzene rings is 1. The van der Waals surface area contributed by atoms with Crippen LogP contribution in [0.25, 0.3) is 22.6 Å². The minimum Gasteiger partial charge on any atom is -0.332 e. The van der Waals surface area contributed by atoms with Crippen LogP contribution in [0.5, 0.6) is 0 Å². The first-order chi connectivity index (χ1) is 9.04. The summed E-state index contributed by atoms with van der Waals surface area (Å²) in [5.41, 5.74) is 1.39. The maximum atomic E-state index is 11.6. The van der Waals surface area contributed by atoms with Crippen LogP contribution in [0.2, 0.25) is 0 Å². The van der Waals surface area contributed by atoms with Crippen LogP contribution in [0, 0.1) is 6.92 Å². The molecule has 0 unspecified atom stereocenters. The Kier molecular flexibility index (Phi) is 2.63. The van der Waals surface area contributed by atoms with E-state index >= 15 is 0 Å². The average Bonchev–Trinajstić information content (AvgIpc) is 2.76. The maximum Gasteiger partial charge on any atom is 0.327 e. The number of nitrogens with one attached hydrogen (secondary N) is 3. The normalized spacial score (nSPS) is 11.1. The van der Waals surface area contributed by atoms with Gasteiger partial charge in [-0.1, -0.05) is 28.1 Å². The maximum absolute atomic E-state index is 11.6. The smallest absolute Gasteiger partial charge is 0.327 e. The molecular formula is C12H9BrN4O2. The monoisotopic (exact) mass is 320 g/mol. The van der Waals surface area contributed by atoms with Gasteiger partial charge in [0.15, 0.2) is 5.65 Å². The van der Waals surface area contributed by atoms with E-state index in [9.17, 15) is 9.59 Å². The van der Waals surface area contributed by atoms with Gasteiger partial charge in [-0.2, -0.15) is 0 Å². The summed E-state index contributed by atoms with van der Waals surface area (Å²) >= 11 is 3.45. The predicted octanol–water partition coefficient (Wildman–Crippen LogP) is 1.68. The van der Waals surface area contributed by atoms with E-state index in [2.05, 4.69) is 35.9 Å². The molecule has 96 valence electrons. The van der Waals surface area contributed by atoms with Crippen LogP contribution in [0.4, 0.5) is 0 Å². The topological polar surface area (TPSA) is 94.4 Å². The number of fused-ring (bicyclic) bond motifs is 1. The average molecular weight is 321 g/mol. The van der Waals surface area contributed by atoms with E-state index in [0.717, 1.165) is 15.6 Å². The highest BCUT2D eigenvalue weighted by Crippen LogP contribution is 2.24. The quantitative estimate of drug-likeness (QED) is 0.636. The van der Waals surface area contributed by atoms with Crippen molar-refractivity contribution in [3.63, 3.8) is 0 Å². The van der Waals surface area contributed by atoms with Gasteiger partial charge in [0.05, 0.1) is 0 Å². The fourth-order valence-electron chi connectivity index (χ4n) is 1.81. The summed E-state index contributed by atoms with van der Waals surface area (Å²) in [4.78, 5) is 34.5.